The van der Waals surface area contributed by atoms with E-state index in [1.54, 1.807) is 18.2 Å². The minimum Gasteiger partial charge on any atom is -0.492 e. The molecule has 6 heteroatoms. The molecular formula is C19H18Cl2N2O2. The van der Waals surface area contributed by atoms with Gasteiger partial charge in [-0.3, -0.25) is 0 Å². The maximum absolute atomic E-state index is 9.19. The van der Waals surface area contributed by atoms with Gasteiger partial charge in [0.15, 0.2) is 0 Å². The molecule has 4 nitrogen and oxygen atoms in total. The van der Waals surface area contributed by atoms with Crippen LogP contribution in [0.3, 0.4) is 0 Å². The topological polar surface area (TPSA) is 54.3 Å². The maximum atomic E-state index is 9.19. The Labute approximate surface area is 157 Å². The molecule has 1 heterocycles. The van der Waals surface area contributed by atoms with E-state index < -0.39 is 0 Å². The molecule has 0 unspecified atom stereocenters. The maximum Gasteiger partial charge on any atom is 0.137 e. The first kappa shape index (κ1) is 18.0. The van der Waals surface area contributed by atoms with Gasteiger partial charge >= 0.3 is 0 Å². The van der Waals surface area contributed by atoms with E-state index in [1.807, 2.05) is 24.3 Å². The Hall–Kier alpha value is -1.77. The number of nitriles is 1. The van der Waals surface area contributed by atoms with Crippen LogP contribution in [0.15, 0.2) is 42.5 Å². The monoisotopic (exact) mass is 376 g/mol. The average Bonchev–Trinajstić information content (AvgIpc) is 2.88. The van der Waals surface area contributed by atoms with Crippen molar-refractivity contribution in [1.82, 2.24) is 5.32 Å². The lowest BCUT2D eigenvalue weighted by atomic mass is 9.96. The fraction of sp³-hybridized carbons (Fsp3) is 0.316. The third kappa shape index (κ3) is 4.45. The van der Waals surface area contributed by atoms with Gasteiger partial charge in [0.1, 0.15) is 11.8 Å². The molecule has 0 radical (unpaired) electrons. The van der Waals surface area contributed by atoms with Crippen molar-refractivity contribution in [3.05, 3.63) is 63.6 Å². The summed E-state index contributed by atoms with van der Waals surface area (Å²) in [6.45, 7) is 2.57. The van der Waals surface area contributed by atoms with Gasteiger partial charge in [-0.25, -0.2) is 0 Å². The molecule has 0 saturated carbocycles. The lowest BCUT2D eigenvalue weighted by Gasteiger charge is -2.25. The van der Waals surface area contributed by atoms with E-state index in [-0.39, 0.29) is 12.0 Å². The van der Waals surface area contributed by atoms with Crippen molar-refractivity contribution in [3.63, 3.8) is 0 Å². The second kappa shape index (κ2) is 8.55. The minimum atomic E-state index is -0.154. The number of benzene rings is 2. The van der Waals surface area contributed by atoms with Gasteiger partial charge in [-0.1, -0.05) is 41.4 Å². The van der Waals surface area contributed by atoms with Crippen LogP contribution in [0, 0.1) is 17.2 Å². The third-order valence-corrected chi connectivity index (χ3v) is 4.88. The van der Waals surface area contributed by atoms with Crippen LogP contribution in [0.1, 0.15) is 17.2 Å². The first-order valence-electron chi connectivity index (χ1n) is 8.08. The van der Waals surface area contributed by atoms with Crippen LogP contribution >= 0.6 is 23.2 Å². The number of nitrogens with one attached hydrogen (secondary N) is 1. The fourth-order valence-corrected chi connectivity index (χ4v) is 3.18. The molecule has 0 aliphatic carbocycles. The first-order chi connectivity index (χ1) is 12.2. The summed E-state index contributed by atoms with van der Waals surface area (Å²) < 4.78 is 12.0. The zero-order valence-electron chi connectivity index (χ0n) is 13.5. The van der Waals surface area contributed by atoms with Crippen LogP contribution in [0.5, 0.6) is 5.75 Å². The van der Waals surface area contributed by atoms with Gasteiger partial charge in [0.25, 0.3) is 0 Å². The predicted molar refractivity (Wildman–Crippen MR) is 98.2 cm³/mol. The molecule has 3 rings (SSSR count). The Balaban J connectivity index is 1.78. The van der Waals surface area contributed by atoms with Crippen LogP contribution in [0.4, 0.5) is 0 Å². The third-order valence-electron chi connectivity index (χ3n) is 4.14. The SMILES string of the molecule is N#Cc1ccccc1OC[C@@H]1CNCCO[C@H]1c1ccc(Cl)c(Cl)c1. The molecule has 1 fully saturated rings. The zero-order chi connectivity index (χ0) is 17.6. The van der Waals surface area contributed by atoms with Crippen molar-refractivity contribution in [3.8, 4) is 11.8 Å². The van der Waals surface area contributed by atoms with Crippen LogP contribution in [-0.2, 0) is 4.74 Å². The number of halogens is 2. The van der Waals surface area contributed by atoms with E-state index >= 15 is 0 Å². The number of hydrogen-bond donors (Lipinski definition) is 1. The zero-order valence-corrected chi connectivity index (χ0v) is 15.1. The summed E-state index contributed by atoms with van der Waals surface area (Å²) in [6, 6.07) is 14.9. The van der Waals surface area contributed by atoms with Gasteiger partial charge in [0, 0.05) is 19.0 Å². The Morgan fingerprint density at radius 1 is 1.20 bits per heavy atom. The molecule has 2 atom stereocenters. The van der Waals surface area contributed by atoms with E-state index in [0.29, 0.717) is 34.6 Å². The summed E-state index contributed by atoms with van der Waals surface area (Å²) in [5.74, 6) is 0.661. The van der Waals surface area contributed by atoms with Gasteiger partial charge in [-0.05, 0) is 29.8 Å². The van der Waals surface area contributed by atoms with Crippen molar-refractivity contribution in [2.75, 3.05) is 26.3 Å². The Kier molecular flexibility index (Phi) is 6.17. The summed E-state index contributed by atoms with van der Waals surface area (Å²) in [5.41, 5.74) is 1.50. The predicted octanol–water partition coefficient (Wildman–Crippen LogP) is 4.22. The number of rotatable bonds is 4. The highest BCUT2D eigenvalue weighted by molar-refractivity contribution is 6.42. The average molecular weight is 377 g/mol. The quantitative estimate of drug-likeness (QED) is 0.867. The molecule has 1 aliphatic heterocycles. The standard InChI is InChI=1S/C19H18Cl2N2O2/c20-16-6-5-13(9-17(16)21)19-15(11-23-7-8-24-19)12-25-18-4-2-1-3-14(18)10-22/h1-6,9,15,19,23H,7-8,11-12H2/t15-,19-/m0/s1. The van der Waals surface area contributed by atoms with Crippen molar-refractivity contribution in [2.45, 2.75) is 6.10 Å². The fourth-order valence-electron chi connectivity index (χ4n) is 2.87. The summed E-state index contributed by atoms with van der Waals surface area (Å²) in [4.78, 5) is 0. The normalized spacial score (nSPS) is 20.5. The molecule has 0 bridgehead atoms. The van der Waals surface area contributed by atoms with Crippen molar-refractivity contribution >= 4 is 23.2 Å². The molecular weight excluding hydrogens is 359 g/mol. The smallest absolute Gasteiger partial charge is 0.137 e. The van der Waals surface area contributed by atoms with E-state index in [2.05, 4.69) is 11.4 Å². The second-order valence-corrected chi connectivity index (χ2v) is 6.66. The Morgan fingerprint density at radius 3 is 2.84 bits per heavy atom. The molecule has 0 aromatic heterocycles. The first-order valence-corrected chi connectivity index (χ1v) is 8.84. The highest BCUT2D eigenvalue weighted by atomic mass is 35.5. The minimum absolute atomic E-state index is 0.0755. The molecule has 130 valence electrons. The molecule has 1 N–H and O–H groups in total. The van der Waals surface area contributed by atoms with Crippen molar-refractivity contribution < 1.29 is 9.47 Å². The summed E-state index contributed by atoms with van der Waals surface area (Å²) in [5, 5.41) is 13.6. The second-order valence-electron chi connectivity index (χ2n) is 5.85. The highest BCUT2D eigenvalue weighted by Crippen LogP contribution is 2.32. The van der Waals surface area contributed by atoms with E-state index in [0.717, 1.165) is 18.7 Å². The molecule has 1 saturated heterocycles. The molecule has 2 aromatic carbocycles. The molecule has 25 heavy (non-hydrogen) atoms. The lowest BCUT2D eigenvalue weighted by molar-refractivity contribution is 0.0153. The van der Waals surface area contributed by atoms with Gasteiger partial charge in [-0.2, -0.15) is 5.26 Å². The Bertz CT molecular complexity index is 776. The summed E-state index contributed by atoms with van der Waals surface area (Å²) in [6.07, 6.45) is -0.154. The number of nitrogens with zero attached hydrogens (tertiary/aromatic N) is 1. The number of ether oxygens (including phenoxy) is 2. The van der Waals surface area contributed by atoms with E-state index in [9.17, 15) is 5.26 Å². The lowest BCUT2D eigenvalue weighted by Crippen LogP contribution is -2.29. The van der Waals surface area contributed by atoms with Crippen molar-refractivity contribution in [2.24, 2.45) is 5.92 Å². The van der Waals surface area contributed by atoms with Gasteiger partial charge in [0.05, 0.1) is 34.9 Å². The molecule has 0 spiro atoms. The van der Waals surface area contributed by atoms with E-state index in [4.69, 9.17) is 32.7 Å². The van der Waals surface area contributed by atoms with Gasteiger partial charge < -0.3 is 14.8 Å². The van der Waals surface area contributed by atoms with Gasteiger partial charge in [0.2, 0.25) is 0 Å². The molecule has 1 aliphatic rings. The van der Waals surface area contributed by atoms with Crippen LogP contribution in [0.25, 0.3) is 0 Å². The Morgan fingerprint density at radius 2 is 2.04 bits per heavy atom. The van der Waals surface area contributed by atoms with Gasteiger partial charge in [-0.15, -0.1) is 0 Å². The van der Waals surface area contributed by atoms with Crippen molar-refractivity contribution in [1.29, 1.82) is 5.26 Å². The van der Waals surface area contributed by atoms with Crippen LogP contribution in [0.2, 0.25) is 10.0 Å². The number of hydrogen-bond acceptors (Lipinski definition) is 4. The highest BCUT2D eigenvalue weighted by Gasteiger charge is 2.27. The van der Waals surface area contributed by atoms with Crippen LogP contribution in [-0.4, -0.2) is 26.3 Å². The molecule has 2 aromatic rings. The number of para-hydroxylation sites is 1. The largest absolute Gasteiger partial charge is 0.492 e. The van der Waals surface area contributed by atoms with Crippen LogP contribution < -0.4 is 10.1 Å². The summed E-state index contributed by atoms with van der Waals surface area (Å²) in [7, 11) is 0. The summed E-state index contributed by atoms with van der Waals surface area (Å²) >= 11 is 12.2. The molecule has 0 amide bonds. The van der Waals surface area contributed by atoms with E-state index in [1.165, 1.54) is 0 Å².